The van der Waals surface area contributed by atoms with E-state index >= 15 is 0 Å². The average Bonchev–Trinajstić information content (AvgIpc) is 2.52. The molecule has 0 unspecified atom stereocenters. The van der Waals surface area contributed by atoms with Crippen LogP contribution in [0.2, 0.25) is 0 Å². The minimum atomic E-state index is -0.575. The van der Waals surface area contributed by atoms with E-state index in [1.807, 2.05) is 12.1 Å². The molecular weight excluding hydrogens is 376 g/mol. The number of pyridine rings is 1. The van der Waals surface area contributed by atoms with Crippen LogP contribution in [-0.2, 0) is 9.53 Å². The molecule has 1 aromatic heterocycles. The summed E-state index contributed by atoms with van der Waals surface area (Å²) in [5.41, 5.74) is -0.573. The third-order valence-corrected chi connectivity index (χ3v) is 3.92. The van der Waals surface area contributed by atoms with Crippen molar-refractivity contribution in [2.24, 2.45) is 0 Å². The monoisotopic (exact) mass is 398 g/mol. The lowest BCUT2D eigenvalue weighted by atomic mass is 10.2. The van der Waals surface area contributed by atoms with Crippen molar-refractivity contribution in [2.45, 2.75) is 26.4 Å². The number of piperazine rings is 1. The largest absolute Gasteiger partial charge is 0.444 e. The highest BCUT2D eigenvalue weighted by molar-refractivity contribution is 9.10. The van der Waals surface area contributed by atoms with Crippen LogP contribution in [0, 0.1) is 0 Å². The van der Waals surface area contributed by atoms with E-state index in [1.54, 1.807) is 31.9 Å². The maximum Gasteiger partial charge on any atom is 0.408 e. The van der Waals surface area contributed by atoms with E-state index in [2.05, 4.69) is 31.1 Å². The molecule has 0 aromatic carbocycles. The van der Waals surface area contributed by atoms with E-state index in [-0.39, 0.29) is 12.5 Å². The second-order valence-electron chi connectivity index (χ2n) is 6.56. The van der Waals surface area contributed by atoms with Gasteiger partial charge < -0.3 is 19.9 Å². The molecular formula is C16H23BrN4O3. The number of amides is 2. The minimum absolute atomic E-state index is 0.0502. The molecule has 0 bridgehead atoms. The Hall–Kier alpha value is -1.83. The summed E-state index contributed by atoms with van der Waals surface area (Å²) in [6.07, 6.45) is 1.19. The van der Waals surface area contributed by atoms with Gasteiger partial charge in [-0.1, -0.05) is 0 Å². The van der Waals surface area contributed by atoms with Crippen molar-refractivity contribution in [1.29, 1.82) is 0 Å². The second kappa shape index (κ2) is 7.83. The van der Waals surface area contributed by atoms with Crippen molar-refractivity contribution in [3.05, 3.63) is 22.8 Å². The van der Waals surface area contributed by atoms with Gasteiger partial charge in [0.1, 0.15) is 18.0 Å². The van der Waals surface area contributed by atoms with Gasteiger partial charge in [0.2, 0.25) is 5.91 Å². The van der Waals surface area contributed by atoms with Crippen LogP contribution in [0.15, 0.2) is 22.8 Å². The lowest BCUT2D eigenvalue weighted by molar-refractivity contribution is -0.130. The van der Waals surface area contributed by atoms with Crippen LogP contribution < -0.4 is 10.2 Å². The molecule has 8 heteroatoms. The molecule has 0 radical (unpaired) electrons. The van der Waals surface area contributed by atoms with Gasteiger partial charge in [0.25, 0.3) is 0 Å². The summed E-state index contributed by atoms with van der Waals surface area (Å²) in [6, 6.07) is 3.90. The van der Waals surface area contributed by atoms with Gasteiger partial charge in [0.05, 0.1) is 0 Å². The Labute approximate surface area is 150 Å². The Morgan fingerprint density at radius 2 is 1.92 bits per heavy atom. The predicted molar refractivity (Wildman–Crippen MR) is 95.0 cm³/mol. The molecule has 0 spiro atoms. The van der Waals surface area contributed by atoms with Gasteiger partial charge in [0, 0.05) is 36.8 Å². The zero-order valence-corrected chi connectivity index (χ0v) is 15.8. The first-order valence-electron chi connectivity index (χ1n) is 7.86. The summed E-state index contributed by atoms with van der Waals surface area (Å²) >= 11 is 3.37. The number of carbonyl (C=O) groups excluding carboxylic acids is 2. The van der Waals surface area contributed by atoms with Gasteiger partial charge in [-0.25, -0.2) is 9.78 Å². The quantitative estimate of drug-likeness (QED) is 0.842. The number of halogens is 1. The molecule has 7 nitrogen and oxygen atoms in total. The number of carbonyl (C=O) groups is 2. The summed E-state index contributed by atoms with van der Waals surface area (Å²) < 4.78 is 6.06. The number of rotatable bonds is 3. The fourth-order valence-corrected chi connectivity index (χ4v) is 2.55. The Morgan fingerprint density at radius 1 is 1.25 bits per heavy atom. The third kappa shape index (κ3) is 5.67. The van der Waals surface area contributed by atoms with Crippen molar-refractivity contribution >= 4 is 33.7 Å². The Morgan fingerprint density at radius 3 is 2.46 bits per heavy atom. The third-order valence-electron chi connectivity index (χ3n) is 3.45. The van der Waals surface area contributed by atoms with Gasteiger partial charge in [-0.15, -0.1) is 0 Å². The number of anilines is 1. The van der Waals surface area contributed by atoms with Gasteiger partial charge in [-0.2, -0.15) is 0 Å². The van der Waals surface area contributed by atoms with Crippen LogP contribution in [0.3, 0.4) is 0 Å². The van der Waals surface area contributed by atoms with E-state index < -0.39 is 11.7 Å². The molecule has 24 heavy (non-hydrogen) atoms. The fraction of sp³-hybridized carbons (Fsp3) is 0.562. The molecule has 0 aliphatic carbocycles. The maximum absolute atomic E-state index is 12.2. The van der Waals surface area contributed by atoms with Crippen molar-refractivity contribution in [3.63, 3.8) is 0 Å². The molecule has 1 saturated heterocycles. The van der Waals surface area contributed by atoms with Gasteiger partial charge in [0.15, 0.2) is 0 Å². The molecule has 0 atom stereocenters. The summed E-state index contributed by atoms with van der Waals surface area (Å²) in [6.45, 7) is 7.93. The molecule has 2 rings (SSSR count). The molecule has 2 heterocycles. The number of aromatic nitrogens is 1. The zero-order valence-electron chi connectivity index (χ0n) is 14.2. The molecule has 1 N–H and O–H groups in total. The van der Waals surface area contributed by atoms with Crippen LogP contribution in [-0.4, -0.2) is 60.2 Å². The Bertz CT molecular complexity index is 578. The Balaban J connectivity index is 1.76. The minimum Gasteiger partial charge on any atom is -0.444 e. The molecule has 0 saturated carbocycles. The average molecular weight is 399 g/mol. The number of hydrogen-bond donors (Lipinski definition) is 1. The molecule has 1 aromatic rings. The number of alkyl carbamates (subject to hydrolysis) is 1. The summed E-state index contributed by atoms with van der Waals surface area (Å²) in [4.78, 5) is 32.0. The summed E-state index contributed by atoms with van der Waals surface area (Å²) in [5, 5.41) is 2.50. The van der Waals surface area contributed by atoms with Crippen LogP contribution in [0.5, 0.6) is 0 Å². The highest BCUT2D eigenvalue weighted by Gasteiger charge is 2.23. The van der Waals surface area contributed by atoms with Crippen molar-refractivity contribution in [3.8, 4) is 0 Å². The lowest BCUT2D eigenvalue weighted by Crippen LogP contribution is -2.51. The van der Waals surface area contributed by atoms with Crippen LogP contribution in [0.1, 0.15) is 20.8 Å². The summed E-state index contributed by atoms with van der Waals surface area (Å²) in [5.74, 6) is 0.793. The van der Waals surface area contributed by atoms with E-state index in [9.17, 15) is 9.59 Å². The summed E-state index contributed by atoms with van der Waals surface area (Å²) in [7, 11) is 0. The molecule has 2 amide bonds. The molecule has 1 aliphatic heterocycles. The van der Waals surface area contributed by atoms with E-state index in [4.69, 9.17) is 4.74 Å². The smallest absolute Gasteiger partial charge is 0.408 e. The van der Waals surface area contributed by atoms with Crippen molar-refractivity contribution < 1.29 is 14.3 Å². The van der Waals surface area contributed by atoms with Crippen molar-refractivity contribution in [1.82, 2.24) is 15.2 Å². The van der Waals surface area contributed by atoms with E-state index in [0.717, 1.165) is 10.3 Å². The first kappa shape index (κ1) is 18.5. The SMILES string of the molecule is CC(C)(C)OC(=O)NCC(=O)N1CCN(c2ccc(Br)cn2)CC1. The lowest BCUT2D eigenvalue weighted by Gasteiger charge is -2.35. The molecule has 1 fully saturated rings. The molecule has 1 aliphatic rings. The fourth-order valence-electron chi connectivity index (χ4n) is 2.31. The number of nitrogens with zero attached hydrogens (tertiary/aromatic N) is 3. The van der Waals surface area contributed by atoms with Crippen molar-refractivity contribution in [2.75, 3.05) is 37.6 Å². The van der Waals surface area contributed by atoms with Crippen LogP contribution in [0.4, 0.5) is 10.6 Å². The highest BCUT2D eigenvalue weighted by atomic mass is 79.9. The number of ether oxygens (including phenoxy) is 1. The topological polar surface area (TPSA) is 74.8 Å². The van der Waals surface area contributed by atoms with E-state index in [1.165, 1.54) is 0 Å². The first-order chi connectivity index (χ1) is 11.2. The van der Waals surface area contributed by atoms with Crippen LogP contribution in [0.25, 0.3) is 0 Å². The molecule has 132 valence electrons. The second-order valence-corrected chi connectivity index (χ2v) is 7.47. The van der Waals surface area contributed by atoms with Gasteiger partial charge in [-0.3, -0.25) is 4.79 Å². The normalized spacial score (nSPS) is 15.2. The standard InChI is InChI=1S/C16H23BrN4O3/c1-16(2,3)24-15(23)19-11-14(22)21-8-6-20(7-9-21)13-5-4-12(17)10-18-13/h4-5,10H,6-9,11H2,1-3H3,(H,19,23). The number of nitrogens with one attached hydrogen (secondary N) is 1. The first-order valence-corrected chi connectivity index (χ1v) is 8.65. The Kier molecular flexibility index (Phi) is 6.04. The predicted octanol–water partition coefficient (Wildman–Crippen LogP) is 2.02. The number of hydrogen-bond acceptors (Lipinski definition) is 5. The van der Waals surface area contributed by atoms with Crippen LogP contribution >= 0.6 is 15.9 Å². The van der Waals surface area contributed by atoms with Gasteiger partial charge >= 0.3 is 6.09 Å². The highest BCUT2D eigenvalue weighted by Crippen LogP contribution is 2.16. The van der Waals surface area contributed by atoms with E-state index in [0.29, 0.717) is 26.2 Å². The van der Waals surface area contributed by atoms with Gasteiger partial charge in [-0.05, 0) is 48.8 Å². The maximum atomic E-state index is 12.2. The zero-order chi connectivity index (χ0) is 17.7.